The van der Waals surface area contributed by atoms with E-state index in [0.29, 0.717) is 5.75 Å². The molecule has 0 atom stereocenters. The highest BCUT2D eigenvalue weighted by Crippen LogP contribution is 2.27. The predicted molar refractivity (Wildman–Crippen MR) is 76.8 cm³/mol. The SMILES string of the molecule is Cc1cc(CN2CCN(c3ccccc3O)CC2)on1. The van der Waals surface area contributed by atoms with Crippen LogP contribution in [-0.2, 0) is 6.54 Å². The van der Waals surface area contributed by atoms with E-state index in [1.807, 2.05) is 31.2 Å². The lowest BCUT2D eigenvalue weighted by Crippen LogP contribution is -2.45. The van der Waals surface area contributed by atoms with Crippen molar-refractivity contribution in [1.82, 2.24) is 10.1 Å². The second-order valence-corrected chi connectivity index (χ2v) is 5.19. The van der Waals surface area contributed by atoms with Gasteiger partial charge in [-0.05, 0) is 19.1 Å². The Bertz CT molecular complexity index is 574. The number of phenolic OH excluding ortho intramolecular Hbond substituents is 1. The molecule has 0 amide bonds. The van der Waals surface area contributed by atoms with Crippen molar-refractivity contribution in [2.45, 2.75) is 13.5 Å². The summed E-state index contributed by atoms with van der Waals surface area (Å²) in [6.45, 7) is 6.45. The molecular formula is C15H19N3O2. The van der Waals surface area contributed by atoms with Crippen LogP contribution in [0.25, 0.3) is 0 Å². The Morgan fingerprint density at radius 1 is 1.20 bits per heavy atom. The molecule has 20 heavy (non-hydrogen) atoms. The van der Waals surface area contributed by atoms with Crippen LogP contribution in [0, 0.1) is 6.92 Å². The number of anilines is 1. The maximum atomic E-state index is 9.89. The zero-order chi connectivity index (χ0) is 13.9. The van der Waals surface area contributed by atoms with Gasteiger partial charge in [-0.2, -0.15) is 0 Å². The molecular weight excluding hydrogens is 254 g/mol. The average Bonchev–Trinajstić information content (AvgIpc) is 2.86. The molecule has 1 aliphatic heterocycles. The molecule has 3 rings (SSSR count). The summed E-state index contributed by atoms with van der Waals surface area (Å²) in [4.78, 5) is 4.56. The number of benzene rings is 1. The minimum absolute atomic E-state index is 0.354. The van der Waals surface area contributed by atoms with Crippen molar-refractivity contribution in [3.8, 4) is 5.75 Å². The van der Waals surface area contributed by atoms with Gasteiger partial charge in [0.05, 0.1) is 17.9 Å². The number of aryl methyl sites for hydroxylation is 1. The molecule has 0 aliphatic carbocycles. The van der Waals surface area contributed by atoms with Crippen molar-refractivity contribution in [2.24, 2.45) is 0 Å². The van der Waals surface area contributed by atoms with Crippen molar-refractivity contribution < 1.29 is 9.63 Å². The van der Waals surface area contributed by atoms with Gasteiger partial charge >= 0.3 is 0 Å². The molecule has 1 fully saturated rings. The van der Waals surface area contributed by atoms with Crippen LogP contribution in [0.2, 0.25) is 0 Å². The Morgan fingerprint density at radius 2 is 1.95 bits per heavy atom. The molecule has 2 aromatic rings. The van der Waals surface area contributed by atoms with Gasteiger partial charge in [-0.15, -0.1) is 0 Å². The smallest absolute Gasteiger partial charge is 0.150 e. The van der Waals surface area contributed by atoms with Gasteiger partial charge in [-0.1, -0.05) is 17.3 Å². The lowest BCUT2D eigenvalue weighted by Gasteiger charge is -2.35. The normalized spacial score (nSPS) is 16.6. The van der Waals surface area contributed by atoms with Crippen LogP contribution in [0.3, 0.4) is 0 Å². The fourth-order valence-electron chi connectivity index (χ4n) is 2.59. The molecule has 1 aromatic heterocycles. The topological polar surface area (TPSA) is 52.7 Å². The molecule has 1 N–H and O–H groups in total. The summed E-state index contributed by atoms with van der Waals surface area (Å²) in [6, 6.07) is 9.49. The summed E-state index contributed by atoms with van der Waals surface area (Å²) >= 11 is 0. The maximum absolute atomic E-state index is 9.89. The quantitative estimate of drug-likeness (QED) is 0.927. The molecule has 106 valence electrons. The van der Waals surface area contributed by atoms with Crippen LogP contribution < -0.4 is 4.90 Å². The number of phenols is 1. The van der Waals surface area contributed by atoms with Crippen molar-refractivity contribution in [3.63, 3.8) is 0 Å². The van der Waals surface area contributed by atoms with Gasteiger partial charge in [-0.3, -0.25) is 4.90 Å². The summed E-state index contributed by atoms with van der Waals surface area (Å²) in [5.74, 6) is 1.27. The molecule has 0 bridgehead atoms. The highest BCUT2D eigenvalue weighted by Gasteiger charge is 2.20. The predicted octanol–water partition coefficient (Wildman–Crippen LogP) is 2.01. The first-order chi connectivity index (χ1) is 9.72. The molecule has 2 heterocycles. The highest BCUT2D eigenvalue weighted by molar-refractivity contribution is 5.57. The number of hydrogen-bond donors (Lipinski definition) is 1. The van der Waals surface area contributed by atoms with Crippen molar-refractivity contribution in [2.75, 3.05) is 31.1 Å². The summed E-state index contributed by atoms with van der Waals surface area (Å²) in [5, 5.41) is 13.8. The second kappa shape index (κ2) is 5.54. The van der Waals surface area contributed by atoms with E-state index in [4.69, 9.17) is 4.52 Å². The van der Waals surface area contributed by atoms with Crippen LogP contribution in [-0.4, -0.2) is 41.3 Å². The van der Waals surface area contributed by atoms with E-state index in [1.165, 1.54) is 0 Å². The number of hydrogen-bond acceptors (Lipinski definition) is 5. The monoisotopic (exact) mass is 273 g/mol. The zero-order valence-electron chi connectivity index (χ0n) is 11.6. The summed E-state index contributed by atoms with van der Waals surface area (Å²) < 4.78 is 5.25. The third-order valence-corrected chi connectivity index (χ3v) is 3.65. The highest BCUT2D eigenvalue weighted by atomic mass is 16.5. The van der Waals surface area contributed by atoms with E-state index in [2.05, 4.69) is 15.0 Å². The van der Waals surface area contributed by atoms with Gasteiger partial charge in [0, 0.05) is 32.2 Å². The largest absolute Gasteiger partial charge is 0.506 e. The third-order valence-electron chi connectivity index (χ3n) is 3.65. The van der Waals surface area contributed by atoms with Crippen molar-refractivity contribution in [3.05, 3.63) is 41.8 Å². The van der Waals surface area contributed by atoms with E-state index in [1.54, 1.807) is 6.07 Å². The van der Waals surface area contributed by atoms with E-state index < -0.39 is 0 Å². The van der Waals surface area contributed by atoms with Crippen LogP contribution in [0.15, 0.2) is 34.9 Å². The summed E-state index contributed by atoms with van der Waals surface area (Å²) in [7, 11) is 0. The second-order valence-electron chi connectivity index (χ2n) is 5.19. The van der Waals surface area contributed by atoms with Gasteiger partial charge in [0.1, 0.15) is 5.75 Å². The summed E-state index contributed by atoms with van der Waals surface area (Å²) in [6.07, 6.45) is 0. The number of piperazine rings is 1. The fraction of sp³-hybridized carbons (Fsp3) is 0.400. The van der Waals surface area contributed by atoms with Crippen LogP contribution in [0.4, 0.5) is 5.69 Å². The molecule has 0 radical (unpaired) electrons. The van der Waals surface area contributed by atoms with Crippen LogP contribution in [0.1, 0.15) is 11.5 Å². The Labute approximate surface area is 118 Å². The first-order valence-corrected chi connectivity index (χ1v) is 6.90. The Morgan fingerprint density at radius 3 is 2.60 bits per heavy atom. The average molecular weight is 273 g/mol. The molecule has 0 spiro atoms. The maximum Gasteiger partial charge on any atom is 0.150 e. The number of aromatic nitrogens is 1. The lowest BCUT2D eigenvalue weighted by atomic mass is 10.2. The molecule has 5 nitrogen and oxygen atoms in total. The Balaban J connectivity index is 1.58. The van der Waals surface area contributed by atoms with E-state index >= 15 is 0 Å². The van der Waals surface area contributed by atoms with Crippen LogP contribution >= 0.6 is 0 Å². The lowest BCUT2D eigenvalue weighted by molar-refractivity contribution is 0.219. The van der Waals surface area contributed by atoms with Gasteiger partial charge in [0.15, 0.2) is 5.76 Å². The van der Waals surface area contributed by atoms with Crippen molar-refractivity contribution >= 4 is 5.69 Å². The molecule has 5 heteroatoms. The molecule has 0 unspecified atom stereocenters. The number of para-hydroxylation sites is 2. The number of aromatic hydroxyl groups is 1. The zero-order valence-corrected chi connectivity index (χ0v) is 11.6. The first-order valence-electron chi connectivity index (χ1n) is 6.90. The van der Waals surface area contributed by atoms with E-state index in [0.717, 1.165) is 49.9 Å². The van der Waals surface area contributed by atoms with E-state index in [-0.39, 0.29) is 0 Å². The van der Waals surface area contributed by atoms with Gasteiger partial charge in [-0.25, -0.2) is 0 Å². The molecule has 1 saturated heterocycles. The first kappa shape index (κ1) is 13.0. The standard InChI is InChI=1S/C15H19N3O2/c1-12-10-13(20-16-12)11-17-6-8-18(9-7-17)14-4-2-3-5-15(14)19/h2-5,10,19H,6-9,11H2,1H3. The van der Waals surface area contributed by atoms with E-state index in [9.17, 15) is 5.11 Å². The number of nitrogens with zero attached hydrogens (tertiary/aromatic N) is 3. The molecule has 1 aromatic carbocycles. The van der Waals surface area contributed by atoms with Gasteiger partial charge in [0.25, 0.3) is 0 Å². The van der Waals surface area contributed by atoms with Gasteiger partial charge in [0.2, 0.25) is 0 Å². The minimum atomic E-state index is 0.354. The Hall–Kier alpha value is -2.01. The summed E-state index contributed by atoms with van der Waals surface area (Å²) in [5.41, 5.74) is 1.84. The Kier molecular flexibility index (Phi) is 3.60. The fourth-order valence-corrected chi connectivity index (χ4v) is 2.59. The minimum Gasteiger partial charge on any atom is -0.506 e. The van der Waals surface area contributed by atoms with Crippen molar-refractivity contribution in [1.29, 1.82) is 0 Å². The molecule has 0 saturated carbocycles. The number of rotatable bonds is 3. The van der Waals surface area contributed by atoms with Crippen LogP contribution in [0.5, 0.6) is 5.75 Å². The third kappa shape index (κ3) is 2.77. The van der Waals surface area contributed by atoms with Gasteiger partial charge < -0.3 is 14.5 Å². The molecule has 1 aliphatic rings.